The van der Waals surface area contributed by atoms with Crippen LogP contribution in [0.2, 0.25) is 0 Å². The summed E-state index contributed by atoms with van der Waals surface area (Å²) >= 11 is 1.55. The Morgan fingerprint density at radius 3 is 3.20 bits per heavy atom. The topological polar surface area (TPSA) is 29.1 Å². The minimum atomic E-state index is 0.315. The number of hydrogen-bond acceptors (Lipinski definition) is 3. The molecule has 1 unspecified atom stereocenters. The van der Waals surface area contributed by atoms with Crippen LogP contribution >= 0.6 is 11.3 Å². The molecular formula is C12H17NOS. The molecule has 2 heterocycles. The molecule has 82 valence electrons. The zero-order valence-corrected chi connectivity index (χ0v) is 9.69. The lowest BCUT2D eigenvalue weighted by Gasteiger charge is -2.22. The van der Waals surface area contributed by atoms with Gasteiger partial charge in [-0.25, -0.2) is 0 Å². The van der Waals surface area contributed by atoms with Crippen LogP contribution < -0.4 is 5.32 Å². The summed E-state index contributed by atoms with van der Waals surface area (Å²) in [6.45, 7) is 2.24. The lowest BCUT2D eigenvalue weighted by atomic mass is 9.93. The quantitative estimate of drug-likeness (QED) is 0.795. The van der Waals surface area contributed by atoms with E-state index >= 15 is 0 Å². The third kappa shape index (κ3) is 3.14. The molecule has 3 heteroatoms. The zero-order chi connectivity index (χ0) is 10.5. The lowest BCUT2D eigenvalue weighted by molar-refractivity contribution is 0.0975. The maximum atomic E-state index is 11.7. The molecule has 0 radical (unpaired) electrons. The van der Waals surface area contributed by atoms with E-state index in [-0.39, 0.29) is 0 Å². The average molecular weight is 223 g/mol. The van der Waals surface area contributed by atoms with Crippen molar-refractivity contribution in [1.82, 2.24) is 5.32 Å². The molecule has 1 aliphatic rings. The number of nitrogens with one attached hydrogen (secondary N) is 1. The molecule has 1 aliphatic heterocycles. The SMILES string of the molecule is O=C(CCC1CCCNC1)c1cccs1. The van der Waals surface area contributed by atoms with Gasteiger partial charge >= 0.3 is 0 Å². The van der Waals surface area contributed by atoms with E-state index in [1.807, 2.05) is 17.5 Å². The second kappa shape index (κ2) is 5.42. The molecule has 1 aromatic rings. The molecule has 0 aliphatic carbocycles. The van der Waals surface area contributed by atoms with Gasteiger partial charge in [0.25, 0.3) is 0 Å². The number of hydrogen-bond donors (Lipinski definition) is 1. The Morgan fingerprint density at radius 1 is 1.60 bits per heavy atom. The predicted octanol–water partition coefficient (Wildman–Crippen LogP) is 2.71. The molecule has 0 spiro atoms. The summed E-state index contributed by atoms with van der Waals surface area (Å²) in [5.74, 6) is 1.03. The maximum absolute atomic E-state index is 11.7. The van der Waals surface area contributed by atoms with E-state index in [4.69, 9.17) is 0 Å². The minimum Gasteiger partial charge on any atom is -0.316 e. The van der Waals surface area contributed by atoms with Crippen LogP contribution in [0, 0.1) is 5.92 Å². The van der Waals surface area contributed by atoms with Crippen LogP contribution in [0.4, 0.5) is 0 Å². The Hall–Kier alpha value is -0.670. The molecule has 0 amide bonds. The van der Waals surface area contributed by atoms with E-state index in [1.165, 1.54) is 12.8 Å². The van der Waals surface area contributed by atoms with Gasteiger partial charge in [0.15, 0.2) is 5.78 Å². The van der Waals surface area contributed by atoms with Gasteiger partial charge in [0, 0.05) is 6.42 Å². The molecule has 0 aromatic carbocycles. The van der Waals surface area contributed by atoms with E-state index < -0.39 is 0 Å². The van der Waals surface area contributed by atoms with Gasteiger partial charge in [-0.2, -0.15) is 0 Å². The molecule has 2 rings (SSSR count). The Labute approximate surface area is 94.7 Å². The number of piperidine rings is 1. The van der Waals surface area contributed by atoms with Gasteiger partial charge in [0.1, 0.15) is 0 Å². The molecule has 1 fully saturated rings. The van der Waals surface area contributed by atoms with Crippen LogP contribution in [-0.2, 0) is 0 Å². The second-order valence-electron chi connectivity index (χ2n) is 4.15. The average Bonchev–Trinajstić information content (AvgIpc) is 2.81. The van der Waals surface area contributed by atoms with E-state index in [2.05, 4.69) is 5.32 Å². The van der Waals surface area contributed by atoms with E-state index in [0.29, 0.717) is 18.1 Å². The molecular weight excluding hydrogens is 206 g/mol. The van der Waals surface area contributed by atoms with E-state index in [1.54, 1.807) is 11.3 Å². The van der Waals surface area contributed by atoms with Crippen LogP contribution in [0.1, 0.15) is 35.4 Å². The first-order valence-electron chi connectivity index (χ1n) is 5.63. The first-order chi connectivity index (χ1) is 7.36. The molecule has 1 saturated heterocycles. The molecule has 15 heavy (non-hydrogen) atoms. The van der Waals surface area contributed by atoms with Gasteiger partial charge in [0.05, 0.1) is 4.88 Å². The standard InChI is InChI=1S/C12H17NOS/c14-11(12-4-2-8-15-12)6-5-10-3-1-7-13-9-10/h2,4,8,10,13H,1,3,5-7,9H2. The molecule has 1 aromatic heterocycles. The summed E-state index contributed by atoms with van der Waals surface area (Å²) in [6, 6.07) is 3.87. The largest absolute Gasteiger partial charge is 0.316 e. The van der Waals surface area contributed by atoms with Crippen LogP contribution in [0.3, 0.4) is 0 Å². The van der Waals surface area contributed by atoms with Crippen molar-refractivity contribution in [2.75, 3.05) is 13.1 Å². The van der Waals surface area contributed by atoms with Crippen LogP contribution in [0.15, 0.2) is 17.5 Å². The van der Waals surface area contributed by atoms with Crippen molar-refractivity contribution in [3.05, 3.63) is 22.4 Å². The van der Waals surface area contributed by atoms with Gasteiger partial charge in [0.2, 0.25) is 0 Å². The third-order valence-electron chi connectivity index (χ3n) is 2.97. The first kappa shape index (κ1) is 10.8. The zero-order valence-electron chi connectivity index (χ0n) is 8.87. The monoisotopic (exact) mass is 223 g/mol. The number of Topliss-reactive ketones (excluding diaryl/α,β-unsaturated/α-hetero) is 1. The summed E-state index contributed by atoms with van der Waals surface area (Å²) in [5.41, 5.74) is 0. The van der Waals surface area contributed by atoms with Gasteiger partial charge in [-0.15, -0.1) is 11.3 Å². The maximum Gasteiger partial charge on any atom is 0.172 e. The molecule has 0 saturated carbocycles. The van der Waals surface area contributed by atoms with Crippen LogP contribution in [-0.4, -0.2) is 18.9 Å². The summed E-state index contributed by atoms with van der Waals surface area (Å²) in [5, 5.41) is 5.35. The van der Waals surface area contributed by atoms with Gasteiger partial charge in [-0.1, -0.05) is 6.07 Å². The predicted molar refractivity (Wildman–Crippen MR) is 63.5 cm³/mol. The summed E-state index contributed by atoms with van der Waals surface area (Å²) in [7, 11) is 0. The Kier molecular flexibility index (Phi) is 3.92. The number of rotatable bonds is 4. The molecule has 1 atom stereocenters. The number of carbonyl (C=O) groups is 1. The van der Waals surface area contributed by atoms with E-state index in [0.717, 1.165) is 24.4 Å². The Bertz CT molecular complexity index is 301. The highest BCUT2D eigenvalue weighted by Gasteiger charge is 2.15. The second-order valence-corrected chi connectivity index (χ2v) is 5.10. The van der Waals surface area contributed by atoms with Crippen molar-refractivity contribution < 1.29 is 4.79 Å². The van der Waals surface area contributed by atoms with Crippen LogP contribution in [0.25, 0.3) is 0 Å². The number of carbonyl (C=O) groups excluding carboxylic acids is 1. The molecule has 2 nitrogen and oxygen atoms in total. The number of ketones is 1. The third-order valence-corrected chi connectivity index (χ3v) is 3.89. The Morgan fingerprint density at radius 2 is 2.53 bits per heavy atom. The van der Waals surface area contributed by atoms with Crippen LogP contribution in [0.5, 0.6) is 0 Å². The fourth-order valence-electron chi connectivity index (χ4n) is 2.07. The van der Waals surface area contributed by atoms with Crippen molar-refractivity contribution in [2.45, 2.75) is 25.7 Å². The Balaban J connectivity index is 1.75. The molecule has 1 N–H and O–H groups in total. The van der Waals surface area contributed by atoms with Crippen molar-refractivity contribution in [1.29, 1.82) is 0 Å². The molecule has 0 bridgehead atoms. The highest BCUT2D eigenvalue weighted by molar-refractivity contribution is 7.12. The minimum absolute atomic E-state index is 0.315. The fourth-order valence-corrected chi connectivity index (χ4v) is 2.76. The first-order valence-corrected chi connectivity index (χ1v) is 6.51. The van der Waals surface area contributed by atoms with Crippen molar-refractivity contribution in [3.63, 3.8) is 0 Å². The summed E-state index contributed by atoms with van der Waals surface area (Å²) in [6.07, 6.45) is 4.30. The van der Waals surface area contributed by atoms with Crippen molar-refractivity contribution in [2.24, 2.45) is 5.92 Å². The van der Waals surface area contributed by atoms with E-state index in [9.17, 15) is 4.79 Å². The summed E-state index contributed by atoms with van der Waals surface area (Å²) in [4.78, 5) is 12.7. The summed E-state index contributed by atoms with van der Waals surface area (Å²) < 4.78 is 0. The smallest absolute Gasteiger partial charge is 0.172 e. The lowest BCUT2D eigenvalue weighted by Crippen LogP contribution is -2.29. The highest BCUT2D eigenvalue weighted by Crippen LogP contribution is 2.19. The van der Waals surface area contributed by atoms with Crippen molar-refractivity contribution in [3.8, 4) is 0 Å². The fraction of sp³-hybridized carbons (Fsp3) is 0.583. The van der Waals surface area contributed by atoms with Gasteiger partial charge in [-0.05, 0) is 49.7 Å². The van der Waals surface area contributed by atoms with Gasteiger partial charge in [-0.3, -0.25) is 4.79 Å². The number of thiophene rings is 1. The van der Waals surface area contributed by atoms with Crippen molar-refractivity contribution >= 4 is 17.1 Å². The normalized spacial score (nSPS) is 21.5. The highest BCUT2D eigenvalue weighted by atomic mass is 32.1. The van der Waals surface area contributed by atoms with Gasteiger partial charge < -0.3 is 5.32 Å².